The minimum atomic E-state index is -4.90. The highest BCUT2D eigenvalue weighted by molar-refractivity contribution is 7.92. The molecule has 45 heavy (non-hydrogen) atoms. The number of alkyl halides is 3. The molecule has 4 aromatic rings. The standard InChI is InChI=1S/C32H28Cl2F3N3O4S/c1-38-31(42)29(18-22-9-4-2-5-10-22)39(20-23-11-8-12-24(33)17-23)30(41)21-40(45(43,44)26-13-6-3-7-14-26)25-15-16-28(34)27(19-25)32(35,36)37/h2-17,19,29H,18,20-21H2,1H3,(H,38,42)/t29-/m1/s1. The van der Waals surface area contributed by atoms with Crippen LogP contribution in [0.3, 0.4) is 0 Å². The summed E-state index contributed by atoms with van der Waals surface area (Å²) in [5.41, 5.74) is -0.450. The SMILES string of the molecule is CNC(=O)[C@@H](Cc1ccccc1)N(Cc1cccc(Cl)c1)C(=O)CN(c1ccc(Cl)c(C(F)(F)F)c1)S(=O)(=O)c1ccccc1. The minimum absolute atomic E-state index is 0.0669. The number of sulfonamides is 1. The first-order valence-electron chi connectivity index (χ1n) is 13.5. The molecule has 4 aromatic carbocycles. The van der Waals surface area contributed by atoms with E-state index < -0.39 is 56.9 Å². The molecule has 0 radical (unpaired) electrons. The number of hydrogen-bond donors (Lipinski definition) is 1. The lowest BCUT2D eigenvalue weighted by atomic mass is 10.0. The van der Waals surface area contributed by atoms with Crippen molar-refractivity contribution < 1.29 is 31.2 Å². The second kappa shape index (κ2) is 14.4. The van der Waals surface area contributed by atoms with Gasteiger partial charge in [0.15, 0.2) is 0 Å². The maximum absolute atomic E-state index is 14.3. The average Bonchev–Trinajstić information content (AvgIpc) is 3.01. The van der Waals surface area contributed by atoms with Crippen LogP contribution in [0.1, 0.15) is 16.7 Å². The molecule has 0 unspecified atom stereocenters. The van der Waals surface area contributed by atoms with E-state index in [1.807, 2.05) is 0 Å². The van der Waals surface area contributed by atoms with Crippen molar-refractivity contribution in [3.05, 3.63) is 130 Å². The fourth-order valence-corrected chi connectivity index (χ4v) is 6.55. The number of anilines is 1. The van der Waals surface area contributed by atoms with E-state index in [0.717, 1.165) is 17.7 Å². The molecule has 4 rings (SSSR count). The van der Waals surface area contributed by atoms with Crippen LogP contribution in [0.2, 0.25) is 10.0 Å². The molecule has 7 nitrogen and oxygen atoms in total. The Balaban J connectivity index is 1.84. The minimum Gasteiger partial charge on any atom is -0.357 e. The van der Waals surface area contributed by atoms with Gasteiger partial charge < -0.3 is 10.2 Å². The monoisotopic (exact) mass is 677 g/mol. The molecule has 0 aliphatic rings. The van der Waals surface area contributed by atoms with E-state index in [2.05, 4.69) is 5.32 Å². The summed E-state index contributed by atoms with van der Waals surface area (Å²) in [5, 5.41) is 2.29. The Bertz CT molecular complexity index is 1760. The molecule has 0 aliphatic carbocycles. The second-order valence-corrected chi connectivity index (χ2v) is 12.7. The Morgan fingerprint density at radius 2 is 1.47 bits per heavy atom. The van der Waals surface area contributed by atoms with Gasteiger partial charge in [-0.2, -0.15) is 13.2 Å². The van der Waals surface area contributed by atoms with Crippen molar-refractivity contribution in [3.8, 4) is 0 Å². The van der Waals surface area contributed by atoms with Gasteiger partial charge in [0.1, 0.15) is 12.6 Å². The van der Waals surface area contributed by atoms with Crippen LogP contribution < -0.4 is 9.62 Å². The third kappa shape index (κ3) is 8.36. The van der Waals surface area contributed by atoms with Gasteiger partial charge >= 0.3 is 6.18 Å². The molecule has 0 bridgehead atoms. The highest BCUT2D eigenvalue weighted by atomic mass is 35.5. The Morgan fingerprint density at radius 3 is 2.07 bits per heavy atom. The van der Waals surface area contributed by atoms with Gasteiger partial charge in [0, 0.05) is 25.0 Å². The van der Waals surface area contributed by atoms with Crippen molar-refractivity contribution >= 4 is 50.7 Å². The van der Waals surface area contributed by atoms with E-state index in [1.165, 1.54) is 36.2 Å². The number of carbonyl (C=O) groups excluding carboxylic acids is 2. The van der Waals surface area contributed by atoms with Crippen LogP contribution in [0.15, 0.2) is 108 Å². The predicted molar refractivity (Wildman–Crippen MR) is 167 cm³/mol. The van der Waals surface area contributed by atoms with Gasteiger partial charge in [-0.3, -0.25) is 13.9 Å². The number of hydrogen-bond acceptors (Lipinski definition) is 4. The van der Waals surface area contributed by atoms with Gasteiger partial charge in [0.2, 0.25) is 11.8 Å². The van der Waals surface area contributed by atoms with Crippen LogP contribution in [0.4, 0.5) is 18.9 Å². The predicted octanol–water partition coefficient (Wildman–Crippen LogP) is 6.59. The zero-order valence-electron chi connectivity index (χ0n) is 23.8. The first-order valence-corrected chi connectivity index (χ1v) is 15.7. The summed E-state index contributed by atoms with van der Waals surface area (Å²) in [6, 6.07) is 23.9. The third-order valence-corrected chi connectivity index (χ3v) is 9.27. The molecule has 236 valence electrons. The van der Waals surface area contributed by atoms with Gasteiger partial charge in [-0.1, -0.05) is 83.9 Å². The first-order chi connectivity index (χ1) is 21.3. The van der Waals surface area contributed by atoms with Crippen LogP contribution in [-0.2, 0) is 38.8 Å². The van der Waals surface area contributed by atoms with Gasteiger partial charge in [-0.15, -0.1) is 0 Å². The van der Waals surface area contributed by atoms with E-state index in [9.17, 15) is 31.2 Å². The Hall–Kier alpha value is -4.06. The van der Waals surface area contributed by atoms with E-state index in [0.29, 0.717) is 21.0 Å². The molecular formula is C32H28Cl2F3N3O4S. The number of carbonyl (C=O) groups is 2. The lowest BCUT2D eigenvalue weighted by molar-refractivity contribution is -0.139. The second-order valence-electron chi connectivity index (χ2n) is 9.96. The zero-order chi connectivity index (χ0) is 32.8. The molecule has 0 saturated heterocycles. The molecule has 0 fully saturated rings. The summed E-state index contributed by atoms with van der Waals surface area (Å²) >= 11 is 12.0. The van der Waals surface area contributed by atoms with Crippen molar-refractivity contribution in [1.29, 1.82) is 0 Å². The first kappa shape index (κ1) is 33.8. The van der Waals surface area contributed by atoms with Gasteiger partial charge in [-0.05, 0) is 53.6 Å². The summed E-state index contributed by atoms with van der Waals surface area (Å²) in [4.78, 5) is 28.5. The van der Waals surface area contributed by atoms with Crippen LogP contribution in [0, 0.1) is 0 Å². The van der Waals surface area contributed by atoms with Crippen molar-refractivity contribution in [2.75, 3.05) is 17.9 Å². The van der Waals surface area contributed by atoms with Gasteiger partial charge in [0.05, 0.1) is 21.2 Å². The zero-order valence-corrected chi connectivity index (χ0v) is 26.2. The van der Waals surface area contributed by atoms with Crippen molar-refractivity contribution in [1.82, 2.24) is 10.2 Å². The van der Waals surface area contributed by atoms with Gasteiger partial charge in [-0.25, -0.2) is 8.42 Å². The maximum atomic E-state index is 14.3. The number of halogens is 5. The molecule has 0 saturated carbocycles. The summed E-state index contributed by atoms with van der Waals surface area (Å²) < 4.78 is 70.0. The molecule has 0 aliphatic heterocycles. The summed E-state index contributed by atoms with van der Waals surface area (Å²) in [5.74, 6) is -1.37. The summed E-state index contributed by atoms with van der Waals surface area (Å²) in [6.07, 6.45) is -4.84. The van der Waals surface area contributed by atoms with Gasteiger partial charge in [0.25, 0.3) is 10.0 Å². The van der Waals surface area contributed by atoms with E-state index in [4.69, 9.17) is 23.2 Å². The van der Waals surface area contributed by atoms with Crippen molar-refractivity contribution in [3.63, 3.8) is 0 Å². The van der Waals surface area contributed by atoms with Crippen molar-refractivity contribution in [2.24, 2.45) is 0 Å². The van der Waals surface area contributed by atoms with E-state index >= 15 is 0 Å². The number of nitrogens with zero attached hydrogens (tertiary/aromatic N) is 2. The summed E-state index contributed by atoms with van der Waals surface area (Å²) in [7, 11) is -3.19. The number of benzene rings is 4. The number of rotatable bonds is 11. The normalized spacial score (nSPS) is 12.3. The Kier molecular flexibility index (Phi) is 10.8. The van der Waals surface area contributed by atoms with Crippen LogP contribution in [-0.4, -0.2) is 44.8 Å². The molecule has 13 heteroatoms. The van der Waals surface area contributed by atoms with E-state index in [-0.39, 0.29) is 17.9 Å². The highest BCUT2D eigenvalue weighted by Crippen LogP contribution is 2.38. The quantitative estimate of drug-likeness (QED) is 0.194. The smallest absolute Gasteiger partial charge is 0.357 e. The molecule has 0 spiro atoms. The molecule has 0 aromatic heterocycles. The number of amides is 2. The van der Waals surface area contributed by atoms with Crippen LogP contribution in [0.25, 0.3) is 0 Å². The molecular weight excluding hydrogens is 650 g/mol. The lowest BCUT2D eigenvalue weighted by Crippen LogP contribution is -2.53. The highest BCUT2D eigenvalue weighted by Gasteiger charge is 2.37. The average molecular weight is 679 g/mol. The Morgan fingerprint density at radius 1 is 0.844 bits per heavy atom. The Labute approximate surface area is 269 Å². The lowest BCUT2D eigenvalue weighted by Gasteiger charge is -2.33. The molecule has 2 amide bonds. The largest absolute Gasteiger partial charge is 0.417 e. The molecule has 1 atom stereocenters. The number of nitrogens with one attached hydrogen (secondary N) is 1. The van der Waals surface area contributed by atoms with Crippen LogP contribution in [0.5, 0.6) is 0 Å². The topological polar surface area (TPSA) is 86.8 Å². The van der Waals surface area contributed by atoms with E-state index in [1.54, 1.807) is 60.7 Å². The third-order valence-electron chi connectivity index (χ3n) is 6.91. The van der Waals surface area contributed by atoms with Crippen molar-refractivity contribution in [2.45, 2.75) is 30.1 Å². The maximum Gasteiger partial charge on any atom is 0.417 e. The fraction of sp³-hybridized carbons (Fsp3) is 0.188. The summed E-state index contributed by atoms with van der Waals surface area (Å²) in [6.45, 7) is -1.09. The molecule has 1 N–H and O–H groups in total. The van der Waals surface area contributed by atoms with Crippen LogP contribution >= 0.6 is 23.2 Å². The number of likely N-dealkylation sites (N-methyl/N-ethyl adjacent to an activating group) is 1. The fourth-order valence-electron chi connectivity index (χ4n) is 4.69. The molecule has 0 heterocycles.